The Kier molecular flexibility index (Phi) is 9.77. The van der Waals surface area contributed by atoms with Crippen LogP contribution in [-0.2, 0) is 9.59 Å². The van der Waals surface area contributed by atoms with Gasteiger partial charge < -0.3 is 25.6 Å². The highest BCUT2D eigenvalue weighted by Gasteiger charge is 2.30. The number of aliphatic carboxylic acids is 2. The maximum absolute atomic E-state index is 9.55. The van der Waals surface area contributed by atoms with Crippen LogP contribution in [0.4, 0.5) is 5.82 Å². The number of likely N-dealkylation sites (N-methyl/N-ethyl adjacent to an activating group) is 1. The molecular formula is C31H36N8O5. The summed E-state index contributed by atoms with van der Waals surface area (Å²) in [4.78, 5) is 37.6. The molecule has 0 amide bonds. The summed E-state index contributed by atoms with van der Waals surface area (Å²) in [5.74, 6) is -0.797. The smallest absolute Gasteiger partial charge is 0.328 e. The van der Waals surface area contributed by atoms with Gasteiger partial charge in [-0.2, -0.15) is 5.10 Å². The van der Waals surface area contributed by atoms with Crippen LogP contribution in [0.25, 0.3) is 22.3 Å². The van der Waals surface area contributed by atoms with Gasteiger partial charge in [0.15, 0.2) is 5.65 Å². The monoisotopic (exact) mass is 600 g/mol. The second-order valence-electron chi connectivity index (χ2n) is 10.9. The maximum atomic E-state index is 9.55. The van der Waals surface area contributed by atoms with Gasteiger partial charge in [0.1, 0.15) is 23.6 Å². The molecule has 13 heteroatoms. The number of ether oxygens (including phenoxy) is 1. The number of benzene rings is 1. The van der Waals surface area contributed by atoms with Crippen molar-refractivity contribution in [2.45, 2.75) is 37.8 Å². The van der Waals surface area contributed by atoms with Gasteiger partial charge in [0.05, 0.1) is 11.4 Å². The number of nitrogen functional groups attached to an aromatic ring is 1. The first kappa shape index (κ1) is 30.6. The molecule has 13 nitrogen and oxygen atoms in total. The fourth-order valence-electron chi connectivity index (χ4n) is 5.64. The zero-order chi connectivity index (χ0) is 31.1. The average Bonchev–Trinajstić information content (AvgIpc) is 3.43. The minimum Gasteiger partial charge on any atom is -0.478 e. The minimum atomic E-state index is -1.26. The van der Waals surface area contributed by atoms with E-state index in [1.54, 1.807) is 6.20 Å². The van der Waals surface area contributed by atoms with E-state index < -0.39 is 11.9 Å². The van der Waals surface area contributed by atoms with Crippen LogP contribution >= 0.6 is 0 Å². The number of nitrogens with zero attached hydrogens (tertiary/aromatic N) is 7. The van der Waals surface area contributed by atoms with E-state index in [-0.39, 0.29) is 0 Å². The van der Waals surface area contributed by atoms with Crippen molar-refractivity contribution in [3.63, 3.8) is 0 Å². The number of hydrogen-bond donors (Lipinski definition) is 3. The molecular weight excluding hydrogens is 564 g/mol. The Morgan fingerprint density at radius 2 is 1.55 bits per heavy atom. The Balaban J connectivity index is 0.000000426. The third-order valence-electron chi connectivity index (χ3n) is 7.93. The van der Waals surface area contributed by atoms with Gasteiger partial charge >= 0.3 is 11.9 Å². The molecule has 0 radical (unpaired) electrons. The molecule has 0 unspecified atom stereocenters. The standard InChI is InChI=1S/C27H32N8O.C4H4O4/c1-33-13-15-34(16-14-33)20-8-10-21(11-9-20)35-27-24(26(28)30-18-31-27)25(32-35)19-7-12-23(29-17-19)36-22-5-3-2-4-6-22;5-3(6)1-2-4(7)8/h2-7,12,17-18,20-21H,8-11,13-16H2,1H3,(H2,28,30,31);1-2H,(H,5,6)(H,7,8). The number of nitrogens with two attached hydrogens (primary N) is 1. The van der Waals surface area contributed by atoms with E-state index in [1.807, 2.05) is 42.5 Å². The number of rotatable bonds is 7. The average molecular weight is 601 g/mol. The summed E-state index contributed by atoms with van der Waals surface area (Å²) in [6.45, 7) is 4.65. The molecule has 6 rings (SSSR count). The van der Waals surface area contributed by atoms with Crippen LogP contribution in [-0.4, -0.2) is 96.0 Å². The molecule has 0 bridgehead atoms. The summed E-state index contributed by atoms with van der Waals surface area (Å²) in [5, 5.41) is 21.5. The van der Waals surface area contributed by atoms with Crippen LogP contribution in [0.5, 0.6) is 11.6 Å². The van der Waals surface area contributed by atoms with E-state index >= 15 is 0 Å². The number of para-hydroxylation sites is 1. The van der Waals surface area contributed by atoms with E-state index in [4.69, 9.17) is 25.8 Å². The molecule has 0 spiro atoms. The van der Waals surface area contributed by atoms with Crippen LogP contribution in [0.2, 0.25) is 0 Å². The number of anilines is 1. The topological polar surface area (TPSA) is 173 Å². The van der Waals surface area contributed by atoms with Gasteiger partial charge in [-0.15, -0.1) is 0 Å². The number of carboxylic acids is 2. The molecule has 0 atom stereocenters. The molecule has 1 aliphatic heterocycles. The van der Waals surface area contributed by atoms with Crippen molar-refractivity contribution in [1.29, 1.82) is 0 Å². The highest BCUT2D eigenvalue weighted by molar-refractivity contribution is 5.98. The van der Waals surface area contributed by atoms with Gasteiger partial charge in [0.25, 0.3) is 0 Å². The van der Waals surface area contributed by atoms with Gasteiger partial charge in [-0.3, -0.25) is 4.90 Å². The number of fused-ring (bicyclic) bond motifs is 1. The minimum absolute atomic E-state index is 0.299. The van der Waals surface area contributed by atoms with Crippen molar-refractivity contribution in [3.05, 3.63) is 67.1 Å². The fourth-order valence-corrected chi connectivity index (χ4v) is 5.64. The van der Waals surface area contributed by atoms with Crippen LogP contribution in [0.15, 0.2) is 67.1 Å². The van der Waals surface area contributed by atoms with E-state index in [9.17, 15) is 9.59 Å². The molecule has 3 aromatic heterocycles. The maximum Gasteiger partial charge on any atom is 0.328 e. The molecule has 2 fully saturated rings. The number of hydrogen-bond acceptors (Lipinski definition) is 10. The number of carboxylic acid groups (broad SMARTS) is 2. The van der Waals surface area contributed by atoms with Gasteiger partial charge in [0.2, 0.25) is 5.88 Å². The third-order valence-corrected chi connectivity index (χ3v) is 7.93. The molecule has 1 aliphatic carbocycles. The predicted molar refractivity (Wildman–Crippen MR) is 164 cm³/mol. The van der Waals surface area contributed by atoms with Gasteiger partial charge in [0, 0.05) is 62.2 Å². The first-order chi connectivity index (χ1) is 21.3. The predicted octanol–water partition coefficient (Wildman–Crippen LogP) is 3.71. The first-order valence-electron chi connectivity index (χ1n) is 14.5. The van der Waals surface area contributed by atoms with Crippen LogP contribution in [0, 0.1) is 0 Å². The lowest BCUT2D eigenvalue weighted by Crippen LogP contribution is -2.49. The molecule has 230 valence electrons. The number of carbonyl (C=O) groups is 2. The normalized spacial score (nSPS) is 19.4. The Morgan fingerprint density at radius 1 is 0.886 bits per heavy atom. The molecule has 4 aromatic rings. The zero-order valence-electron chi connectivity index (χ0n) is 24.5. The molecule has 4 heterocycles. The summed E-state index contributed by atoms with van der Waals surface area (Å²) in [5.41, 5.74) is 8.77. The Bertz CT molecular complexity index is 1580. The SMILES string of the molecule is CN1CCN(C2CCC(n3nc(-c4ccc(Oc5ccccc5)nc4)c4c(N)ncnc43)CC2)CC1.O=C(O)C=CC(=O)O. The number of pyridine rings is 1. The van der Waals surface area contributed by atoms with E-state index in [2.05, 4.69) is 36.5 Å². The zero-order valence-corrected chi connectivity index (χ0v) is 24.5. The summed E-state index contributed by atoms with van der Waals surface area (Å²) >= 11 is 0. The molecule has 1 aromatic carbocycles. The Morgan fingerprint density at radius 3 is 2.16 bits per heavy atom. The highest BCUT2D eigenvalue weighted by atomic mass is 16.5. The van der Waals surface area contributed by atoms with Gasteiger partial charge in [-0.1, -0.05) is 18.2 Å². The Labute approximate surface area is 254 Å². The second-order valence-corrected chi connectivity index (χ2v) is 10.9. The van der Waals surface area contributed by atoms with Gasteiger partial charge in [-0.05, 0) is 50.9 Å². The molecule has 44 heavy (non-hydrogen) atoms. The first-order valence-corrected chi connectivity index (χ1v) is 14.5. The largest absolute Gasteiger partial charge is 0.478 e. The van der Waals surface area contributed by atoms with E-state index in [0.717, 1.165) is 54.0 Å². The number of aromatic nitrogens is 5. The van der Waals surface area contributed by atoms with Crippen molar-refractivity contribution >= 4 is 28.8 Å². The summed E-state index contributed by atoms with van der Waals surface area (Å²) < 4.78 is 7.93. The summed E-state index contributed by atoms with van der Waals surface area (Å²) in [6, 6.07) is 14.4. The highest BCUT2D eigenvalue weighted by Crippen LogP contribution is 2.37. The van der Waals surface area contributed by atoms with E-state index in [1.165, 1.54) is 32.3 Å². The van der Waals surface area contributed by atoms with Crippen molar-refractivity contribution in [2.75, 3.05) is 39.0 Å². The third kappa shape index (κ3) is 7.54. The molecule has 1 saturated carbocycles. The second kappa shape index (κ2) is 14.1. The van der Waals surface area contributed by atoms with Crippen LogP contribution < -0.4 is 10.5 Å². The lowest BCUT2D eigenvalue weighted by molar-refractivity contribution is -0.134. The lowest BCUT2D eigenvalue weighted by atomic mass is 9.90. The van der Waals surface area contributed by atoms with Crippen molar-refractivity contribution in [3.8, 4) is 22.9 Å². The lowest BCUT2D eigenvalue weighted by Gasteiger charge is -2.41. The van der Waals surface area contributed by atoms with Crippen LogP contribution in [0.3, 0.4) is 0 Å². The quantitative estimate of drug-likeness (QED) is 0.263. The van der Waals surface area contributed by atoms with E-state index in [0.29, 0.717) is 35.9 Å². The molecule has 1 saturated heterocycles. The summed E-state index contributed by atoms with van der Waals surface area (Å²) in [6.07, 6.45) is 8.95. The summed E-state index contributed by atoms with van der Waals surface area (Å²) in [7, 11) is 2.21. The van der Waals surface area contributed by atoms with Crippen LogP contribution in [0.1, 0.15) is 31.7 Å². The van der Waals surface area contributed by atoms with Crippen molar-refractivity contribution in [1.82, 2.24) is 34.5 Å². The van der Waals surface area contributed by atoms with Gasteiger partial charge in [-0.25, -0.2) is 29.2 Å². The Hall–Kier alpha value is -4.88. The van der Waals surface area contributed by atoms with Crippen molar-refractivity contribution in [2.24, 2.45) is 0 Å². The molecule has 4 N–H and O–H groups in total. The fraction of sp³-hybridized carbons (Fsp3) is 0.355. The van der Waals surface area contributed by atoms with Crippen molar-refractivity contribution < 1.29 is 24.5 Å². The number of piperazine rings is 1. The molecule has 2 aliphatic rings.